The fourth-order valence-electron chi connectivity index (χ4n) is 1.42. The van der Waals surface area contributed by atoms with Crippen molar-refractivity contribution in [2.24, 2.45) is 5.73 Å². The summed E-state index contributed by atoms with van der Waals surface area (Å²) in [6.45, 7) is 0. The summed E-state index contributed by atoms with van der Waals surface area (Å²) in [5.41, 5.74) is 7.20. The third-order valence-corrected chi connectivity index (χ3v) is 3.37. The lowest BCUT2D eigenvalue weighted by molar-refractivity contribution is 1.29. The molecule has 0 atom stereocenters. The van der Waals surface area contributed by atoms with Crippen LogP contribution in [0.5, 0.6) is 0 Å². The number of nitrogens with two attached hydrogens (primary N) is 1. The summed E-state index contributed by atoms with van der Waals surface area (Å²) in [5, 5.41) is 3.82. The van der Waals surface area contributed by atoms with Gasteiger partial charge in [-0.1, -0.05) is 23.8 Å². The zero-order chi connectivity index (χ0) is 13.1. The Balaban J connectivity index is 2.37. The Hall–Kier alpha value is -1.17. The van der Waals surface area contributed by atoms with E-state index in [2.05, 4.69) is 26.2 Å². The van der Waals surface area contributed by atoms with Gasteiger partial charge in [-0.05, 0) is 46.3 Å². The van der Waals surface area contributed by atoms with Crippen LogP contribution in [0.2, 0.25) is 5.02 Å². The molecule has 1 aromatic heterocycles. The normalized spacial score (nSPS) is 10.1. The first-order valence-electron chi connectivity index (χ1n) is 5.05. The number of nitrogens with zero attached hydrogens (tertiary/aromatic N) is 1. The number of nitrogens with one attached hydrogen (secondary N) is 1. The smallest absolute Gasteiger partial charge is 0.140 e. The maximum atomic E-state index is 5.89. The molecule has 0 saturated carbocycles. The maximum absolute atomic E-state index is 5.89. The van der Waals surface area contributed by atoms with Crippen LogP contribution in [0.3, 0.4) is 0 Å². The molecule has 0 fully saturated rings. The molecule has 3 N–H and O–H groups in total. The molecule has 1 heterocycles. The zero-order valence-corrected chi connectivity index (χ0v) is 12.3. The predicted molar refractivity (Wildman–Crippen MR) is 82.6 cm³/mol. The van der Waals surface area contributed by atoms with E-state index in [4.69, 9.17) is 29.6 Å². The monoisotopic (exact) mass is 341 g/mol. The molecule has 2 rings (SSSR count). The van der Waals surface area contributed by atoms with E-state index in [9.17, 15) is 0 Å². The van der Waals surface area contributed by atoms with Gasteiger partial charge in [0.05, 0.1) is 11.3 Å². The van der Waals surface area contributed by atoms with Gasteiger partial charge < -0.3 is 11.1 Å². The van der Waals surface area contributed by atoms with E-state index < -0.39 is 0 Å². The zero-order valence-electron chi connectivity index (χ0n) is 9.15. The molecule has 18 heavy (non-hydrogen) atoms. The molecule has 0 aliphatic carbocycles. The van der Waals surface area contributed by atoms with E-state index >= 15 is 0 Å². The van der Waals surface area contributed by atoms with Gasteiger partial charge in [0.25, 0.3) is 0 Å². The molecule has 0 aliphatic rings. The molecule has 0 unspecified atom stereocenters. The van der Waals surface area contributed by atoms with Crippen LogP contribution in [0, 0.1) is 0 Å². The highest BCUT2D eigenvalue weighted by atomic mass is 79.9. The highest BCUT2D eigenvalue weighted by Crippen LogP contribution is 2.28. The SMILES string of the molecule is NC(=S)c1cccnc1Nc1ccc(Cl)cc1Br. The van der Waals surface area contributed by atoms with Crippen molar-refractivity contribution in [3.63, 3.8) is 0 Å². The highest BCUT2D eigenvalue weighted by molar-refractivity contribution is 9.10. The number of benzene rings is 1. The van der Waals surface area contributed by atoms with Gasteiger partial charge >= 0.3 is 0 Å². The number of aromatic nitrogens is 1. The summed E-state index contributed by atoms with van der Waals surface area (Å²) in [6.07, 6.45) is 1.67. The van der Waals surface area contributed by atoms with Crippen molar-refractivity contribution in [2.75, 3.05) is 5.32 Å². The topological polar surface area (TPSA) is 50.9 Å². The molecular formula is C12H9BrClN3S. The van der Waals surface area contributed by atoms with Gasteiger partial charge in [0.1, 0.15) is 10.8 Å². The summed E-state index contributed by atoms with van der Waals surface area (Å²) in [4.78, 5) is 4.53. The minimum atomic E-state index is 0.302. The van der Waals surface area contributed by atoms with Crippen LogP contribution < -0.4 is 11.1 Å². The Morgan fingerprint density at radius 2 is 2.17 bits per heavy atom. The van der Waals surface area contributed by atoms with Gasteiger partial charge in [0.15, 0.2) is 0 Å². The summed E-state index contributed by atoms with van der Waals surface area (Å²) >= 11 is 14.3. The van der Waals surface area contributed by atoms with E-state index in [0.717, 1.165) is 10.2 Å². The van der Waals surface area contributed by atoms with E-state index in [1.807, 2.05) is 12.1 Å². The van der Waals surface area contributed by atoms with Crippen LogP contribution in [0.1, 0.15) is 5.56 Å². The standard InChI is InChI=1S/C12H9BrClN3S/c13-9-6-7(14)3-4-10(9)17-12-8(11(15)18)2-1-5-16-12/h1-6H,(H2,15,18)(H,16,17). The molecule has 1 aromatic carbocycles. The number of hydrogen-bond donors (Lipinski definition) is 2. The first-order valence-corrected chi connectivity index (χ1v) is 6.63. The second-order valence-electron chi connectivity index (χ2n) is 3.51. The molecular weight excluding hydrogens is 334 g/mol. The molecule has 0 aliphatic heterocycles. The van der Waals surface area contributed by atoms with Gasteiger partial charge in [0.2, 0.25) is 0 Å². The fourth-order valence-corrected chi connectivity index (χ4v) is 2.37. The van der Waals surface area contributed by atoms with Crippen molar-refractivity contribution in [1.29, 1.82) is 0 Å². The lowest BCUT2D eigenvalue weighted by Gasteiger charge is -2.11. The van der Waals surface area contributed by atoms with E-state index in [-0.39, 0.29) is 0 Å². The lowest BCUT2D eigenvalue weighted by Crippen LogP contribution is -2.12. The quantitative estimate of drug-likeness (QED) is 0.831. The van der Waals surface area contributed by atoms with Crippen molar-refractivity contribution < 1.29 is 0 Å². The summed E-state index contributed by atoms with van der Waals surface area (Å²) < 4.78 is 0.842. The molecule has 0 bridgehead atoms. The van der Waals surface area contributed by atoms with Crippen molar-refractivity contribution in [2.45, 2.75) is 0 Å². The van der Waals surface area contributed by atoms with Crippen LogP contribution in [0.4, 0.5) is 11.5 Å². The average molecular weight is 343 g/mol. The number of halogens is 2. The molecule has 2 aromatic rings. The Morgan fingerprint density at radius 3 is 2.83 bits per heavy atom. The largest absolute Gasteiger partial charge is 0.389 e. The van der Waals surface area contributed by atoms with Crippen LogP contribution in [0.15, 0.2) is 41.0 Å². The number of rotatable bonds is 3. The van der Waals surface area contributed by atoms with Gasteiger partial charge in [-0.25, -0.2) is 4.98 Å². The van der Waals surface area contributed by atoms with Gasteiger partial charge in [-0.15, -0.1) is 0 Å². The van der Waals surface area contributed by atoms with Gasteiger partial charge in [-0.2, -0.15) is 0 Å². The third-order valence-electron chi connectivity index (χ3n) is 2.26. The summed E-state index contributed by atoms with van der Waals surface area (Å²) in [5.74, 6) is 0.619. The number of thiocarbonyl (C=S) groups is 1. The number of hydrogen-bond acceptors (Lipinski definition) is 3. The molecule has 3 nitrogen and oxygen atoms in total. The van der Waals surface area contributed by atoms with Crippen molar-refractivity contribution in [3.05, 3.63) is 51.6 Å². The van der Waals surface area contributed by atoms with E-state index in [0.29, 0.717) is 21.4 Å². The Bertz CT molecular complexity index is 604. The number of pyridine rings is 1. The number of anilines is 2. The Labute approximate surface area is 123 Å². The molecule has 0 spiro atoms. The third kappa shape index (κ3) is 2.98. The van der Waals surface area contributed by atoms with Crippen LogP contribution in [-0.4, -0.2) is 9.97 Å². The molecule has 0 saturated heterocycles. The lowest BCUT2D eigenvalue weighted by atomic mass is 10.2. The Kier molecular flexibility index (Phi) is 4.16. The van der Waals surface area contributed by atoms with Gasteiger partial charge in [-0.3, -0.25) is 0 Å². The Morgan fingerprint density at radius 1 is 1.39 bits per heavy atom. The fraction of sp³-hybridized carbons (Fsp3) is 0. The summed E-state index contributed by atoms with van der Waals surface area (Å²) in [7, 11) is 0. The predicted octanol–water partition coefficient (Wildman–Crippen LogP) is 3.88. The molecule has 6 heteroatoms. The minimum absolute atomic E-state index is 0.302. The first-order chi connectivity index (χ1) is 8.58. The second kappa shape index (κ2) is 5.65. The molecule has 0 amide bonds. The van der Waals surface area contributed by atoms with Crippen molar-refractivity contribution >= 4 is 56.2 Å². The second-order valence-corrected chi connectivity index (χ2v) is 5.24. The highest BCUT2D eigenvalue weighted by Gasteiger charge is 2.08. The molecule has 92 valence electrons. The van der Waals surface area contributed by atoms with E-state index in [1.54, 1.807) is 24.4 Å². The first kappa shape index (κ1) is 13.3. The van der Waals surface area contributed by atoms with Crippen molar-refractivity contribution in [3.8, 4) is 0 Å². The molecule has 0 radical (unpaired) electrons. The average Bonchev–Trinajstić information content (AvgIpc) is 2.33. The summed E-state index contributed by atoms with van der Waals surface area (Å²) in [6, 6.07) is 9.05. The van der Waals surface area contributed by atoms with Crippen LogP contribution >= 0.6 is 39.7 Å². The minimum Gasteiger partial charge on any atom is -0.389 e. The van der Waals surface area contributed by atoms with Crippen LogP contribution in [0.25, 0.3) is 0 Å². The van der Waals surface area contributed by atoms with Crippen LogP contribution in [-0.2, 0) is 0 Å². The van der Waals surface area contributed by atoms with Crippen molar-refractivity contribution in [1.82, 2.24) is 4.98 Å². The van der Waals surface area contributed by atoms with E-state index in [1.165, 1.54) is 0 Å². The van der Waals surface area contributed by atoms with Gasteiger partial charge in [0, 0.05) is 15.7 Å². The maximum Gasteiger partial charge on any atom is 0.140 e.